The molecule has 7 heteroatoms. The second-order valence-corrected chi connectivity index (χ2v) is 5.81. The highest BCUT2D eigenvalue weighted by atomic mass is 32.1. The third kappa shape index (κ3) is 3.46. The zero-order valence-electron chi connectivity index (χ0n) is 10.2. The Kier molecular flexibility index (Phi) is 4.07. The quantitative estimate of drug-likeness (QED) is 0.660. The second-order valence-electron chi connectivity index (χ2n) is 4.86. The number of hydrogen-bond acceptors (Lipinski definition) is 4. The van der Waals surface area contributed by atoms with E-state index in [4.69, 9.17) is 0 Å². The van der Waals surface area contributed by atoms with Crippen molar-refractivity contribution in [1.29, 1.82) is 0 Å². The van der Waals surface area contributed by atoms with Crippen LogP contribution in [0.2, 0.25) is 0 Å². The van der Waals surface area contributed by atoms with Crippen LogP contribution in [0.4, 0.5) is 13.2 Å². The summed E-state index contributed by atoms with van der Waals surface area (Å²) < 4.78 is 38.8. The van der Waals surface area contributed by atoms with Crippen molar-refractivity contribution in [2.75, 3.05) is 0 Å². The SMILES string of the molecule is CC(C)(C)NN=CC(O)(c1cccs1)C(F)(F)F. The van der Waals surface area contributed by atoms with E-state index in [1.165, 1.54) is 17.5 Å². The lowest BCUT2D eigenvalue weighted by molar-refractivity contribution is -0.232. The molecular weight excluding hydrogens is 265 g/mol. The number of thiophene rings is 1. The van der Waals surface area contributed by atoms with E-state index >= 15 is 0 Å². The van der Waals surface area contributed by atoms with Gasteiger partial charge in [0, 0.05) is 5.54 Å². The van der Waals surface area contributed by atoms with Crippen LogP contribution in [0.25, 0.3) is 0 Å². The first-order valence-corrected chi connectivity index (χ1v) is 6.09. The number of aliphatic hydroxyl groups is 1. The Morgan fingerprint density at radius 3 is 2.33 bits per heavy atom. The van der Waals surface area contributed by atoms with E-state index in [1.54, 1.807) is 20.8 Å². The number of nitrogens with zero attached hydrogens (tertiary/aromatic N) is 1. The first kappa shape index (κ1) is 15.0. The van der Waals surface area contributed by atoms with Crippen molar-refractivity contribution >= 4 is 17.6 Å². The van der Waals surface area contributed by atoms with Crippen molar-refractivity contribution < 1.29 is 18.3 Å². The minimum atomic E-state index is -4.82. The predicted octanol–water partition coefficient (Wildman–Crippen LogP) is 2.87. The highest BCUT2D eigenvalue weighted by Crippen LogP contribution is 2.39. The molecule has 1 aromatic rings. The van der Waals surface area contributed by atoms with Gasteiger partial charge >= 0.3 is 6.18 Å². The van der Waals surface area contributed by atoms with Crippen LogP contribution in [-0.2, 0) is 5.60 Å². The second kappa shape index (κ2) is 4.89. The molecule has 0 bridgehead atoms. The van der Waals surface area contributed by atoms with Crippen LogP contribution in [-0.4, -0.2) is 23.0 Å². The molecule has 0 amide bonds. The van der Waals surface area contributed by atoms with E-state index in [1.807, 2.05) is 0 Å². The third-order valence-corrected chi connectivity index (χ3v) is 2.97. The fourth-order valence-electron chi connectivity index (χ4n) is 1.09. The van der Waals surface area contributed by atoms with Gasteiger partial charge in [-0.25, -0.2) is 0 Å². The molecule has 0 aliphatic rings. The summed E-state index contributed by atoms with van der Waals surface area (Å²) in [6.07, 6.45) is -4.33. The van der Waals surface area contributed by atoms with Crippen molar-refractivity contribution in [2.24, 2.45) is 5.10 Å². The van der Waals surface area contributed by atoms with Gasteiger partial charge in [0.1, 0.15) is 0 Å². The Hall–Kier alpha value is -1.08. The van der Waals surface area contributed by atoms with Gasteiger partial charge in [0.05, 0.1) is 11.1 Å². The maximum absolute atomic E-state index is 12.9. The molecule has 0 aromatic carbocycles. The Morgan fingerprint density at radius 2 is 1.94 bits per heavy atom. The standard InChI is InChI=1S/C11H15F3N2OS/c1-9(2,3)16-15-7-10(17,11(12,13)14)8-5-4-6-18-8/h4-7,16-17H,1-3H3. The van der Waals surface area contributed by atoms with Gasteiger partial charge in [-0.2, -0.15) is 18.3 Å². The third-order valence-electron chi connectivity index (χ3n) is 1.98. The summed E-state index contributed by atoms with van der Waals surface area (Å²) in [5.41, 5.74) is -1.00. The Morgan fingerprint density at radius 1 is 1.33 bits per heavy atom. The average Bonchev–Trinajstić information content (AvgIpc) is 2.66. The van der Waals surface area contributed by atoms with E-state index in [0.717, 1.165) is 11.3 Å². The number of hydrazone groups is 1. The molecule has 0 spiro atoms. The molecule has 1 rings (SSSR count). The largest absolute Gasteiger partial charge is 0.427 e. The molecule has 1 unspecified atom stereocenters. The van der Waals surface area contributed by atoms with Crippen molar-refractivity contribution in [1.82, 2.24) is 5.43 Å². The highest BCUT2D eigenvalue weighted by Gasteiger charge is 2.55. The molecule has 0 radical (unpaired) electrons. The zero-order chi connectivity index (χ0) is 14.0. The Balaban J connectivity index is 3.01. The summed E-state index contributed by atoms with van der Waals surface area (Å²) in [6.45, 7) is 5.26. The lowest BCUT2D eigenvalue weighted by Gasteiger charge is -2.26. The van der Waals surface area contributed by atoms with Gasteiger partial charge in [-0.3, -0.25) is 0 Å². The van der Waals surface area contributed by atoms with E-state index in [2.05, 4.69) is 10.5 Å². The lowest BCUT2D eigenvalue weighted by atomic mass is 10.0. The molecule has 0 aliphatic carbocycles. The van der Waals surface area contributed by atoms with Crippen molar-refractivity contribution in [3.8, 4) is 0 Å². The summed E-state index contributed by atoms with van der Waals surface area (Å²) >= 11 is 0.826. The van der Waals surface area contributed by atoms with Crippen LogP contribution in [0.1, 0.15) is 25.6 Å². The molecule has 102 valence electrons. The van der Waals surface area contributed by atoms with Gasteiger partial charge in [-0.15, -0.1) is 11.3 Å². The first-order valence-electron chi connectivity index (χ1n) is 5.21. The summed E-state index contributed by atoms with van der Waals surface area (Å²) in [6, 6.07) is 2.67. The Labute approximate surface area is 107 Å². The van der Waals surface area contributed by atoms with E-state index < -0.39 is 17.3 Å². The van der Waals surface area contributed by atoms with Crippen LogP contribution in [0.3, 0.4) is 0 Å². The highest BCUT2D eigenvalue weighted by molar-refractivity contribution is 7.10. The summed E-state index contributed by atoms with van der Waals surface area (Å²) in [7, 11) is 0. The van der Waals surface area contributed by atoms with Gasteiger partial charge in [0.25, 0.3) is 0 Å². The molecule has 3 nitrogen and oxygen atoms in total. The number of alkyl halides is 3. The van der Waals surface area contributed by atoms with Crippen molar-refractivity contribution in [2.45, 2.75) is 38.1 Å². The molecule has 0 saturated carbocycles. The smallest absolute Gasteiger partial charge is 0.371 e. The maximum Gasteiger partial charge on any atom is 0.427 e. The number of halogens is 3. The van der Waals surface area contributed by atoms with Gasteiger partial charge < -0.3 is 10.5 Å². The number of nitrogens with one attached hydrogen (secondary N) is 1. The molecule has 0 saturated heterocycles. The predicted molar refractivity (Wildman–Crippen MR) is 65.7 cm³/mol. The van der Waals surface area contributed by atoms with E-state index in [0.29, 0.717) is 6.21 Å². The van der Waals surface area contributed by atoms with Crippen molar-refractivity contribution in [3.05, 3.63) is 22.4 Å². The van der Waals surface area contributed by atoms with Gasteiger partial charge in [-0.1, -0.05) is 6.07 Å². The molecule has 1 heterocycles. The number of hydrogen-bond donors (Lipinski definition) is 2. The molecule has 1 aromatic heterocycles. The van der Waals surface area contributed by atoms with Crippen LogP contribution < -0.4 is 5.43 Å². The Bertz CT molecular complexity index is 409. The molecule has 18 heavy (non-hydrogen) atoms. The zero-order valence-corrected chi connectivity index (χ0v) is 11.1. The van der Waals surface area contributed by atoms with Gasteiger partial charge in [0.15, 0.2) is 0 Å². The van der Waals surface area contributed by atoms with E-state index in [-0.39, 0.29) is 4.88 Å². The van der Waals surface area contributed by atoms with Crippen LogP contribution in [0, 0.1) is 0 Å². The van der Waals surface area contributed by atoms with E-state index in [9.17, 15) is 18.3 Å². The van der Waals surface area contributed by atoms with Crippen molar-refractivity contribution in [3.63, 3.8) is 0 Å². The molecule has 0 fully saturated rings. The monoisotopic (exact) mass is 280 g/mol. The molecular formula is C11H15F3N2OS. The lowest BCUT2D eigenvalue weighted by Crippen LogP contribution is -2.44. The van der Waals surface area contributed by atoms with Crippen LogP contribution >= 0.6 is 11.3 Å². The fourth-order valence-corrected chi connectivity index (χ4v) is 1.90. The minimum absolute atomic E-state index is 0.213. The maximum atomic E-state index is 12.9. The molecule has 0 aliphatic heterocycles. The molecule has 2 N–H and O–H groups in total. The van der Waals surface area contributed by atoms with Gasteiger partial charge in [0.2, 0.25) is 5.60 Å². The number of rotatable bonds is 3. The normalized spacial score (nSPS) is 16.8. The average molecular weight is 280 g/mol. The summed E-state index contributed by atoms with van der Waals surface area (Å²) in [5, 5.41) is 14.8. The fraction of sp³-hybridized carbons (Fsp3) is 0.545. The summed E-state index contributed by atoms with van der Waals surface area (Å²) in [4.78, 5) is -0.213. The van der Waals surface area contributed by atoms with Crippen LogP contribution in [0.5, 0.6) is 0 Å². The minimum Gasteiger partial charge on any atom is -0.371 e. The topological polar surface area (TPSA) is 44.6 Å². The molecule has 1 atom stereocenters. The first-order chi connectivity index (χ1) is 8.06. The van der Waals surface area contributed by atoms with Crippen LogP contribution in [0.15, 0.2) is 22.6 Å². The van der Waals surface area contributed by atoms with Gasteiger partial charge in [-0.05, 0) is 32.2 Å². The summed E-state index contributed by atoms with van der Waals surface area (Å²) in [5.74, 6) is 0.